The van der Waals surface area contributed by atoms with Crippen LogP contribution in [0.15, 0.2) is 42.5 Å². The van der Waals surface area contributed by atoms with Crippen molar-refractivity contribution in [2.45, 2.75) is 26.3 Å². The van der Waals surface area contributed by atoms with Crippen molar-refractivity contribution in [3.8, 4) is 0 Å². The smallest absolute Gasteiger partial charge is 0.0274 e. The quantitative estimate of drug-likeness (QED) is 0.624. The lowest BCUT2D eigenvalue weighted by atomic mass is 9.94. The average Bonchev–Trinajstić information content (AvgIpc) is 2.35. The molecule has 17 heavy (non-hydrogen) atoms. The Kier molecular flexibility index (Phi) is 3.77. The van der Waals surface area contributed by atoms with Gasteiger partial charge < -0.3 is 0 Å². The Morgan fingerprint density at radius 2 is 1.76 bits per heavy atom. The highest BCUT2D eigenvalue weighted by molar-refractivity contribution is 5.85. The van der Waals surface area contributed by atoms with E-state index in [1.165, 1.54) is 16.3 Å². The largest absolute Gasteiger partial charge is 0.271 e. The fraction of sp³-hybridized carbons (Fsp3) is 0.333. The Balaban J connectivity index is 2.35. The summed E-state index contributed by atoms with van der Waals surface area (Å²) < 4.78 is 0. The van der Waals surface area contributed by atoms with Crippen molar-refractivity contribution in [1.29, 1.82) is 0 Å². The van der Waals surface area contributed by atoms with Crippen LogP contribution in [0, 0.1) is 5.92 Å². The van der Waals surface area contributed by atoms with Crippen LogP contribution >= 0.6 is 0 Å². The fourth-order valence-corrected chi connectivity index (χ4v) is 2.19. The van der Waals surface area contributed by atoms with E-state index in [-0.39, 0.29) is 0 Å². The molecule has 3 N–H and O–H groups in total. The molecule has 0 amide bonds. The summed E-state index contributed by atoms with van der Waals surface area (Å²) in [6, 6.07) is 15.3. The van der Waals surface area contributed by atoms with Crippen LogP contribution in [0.2, 0.25) is 0 Å². The van der Waals surface area contributed by atoms with Crippen molar-refractivity contribution in [2.24, 2.45) is 11.8 Å². The van der Waals surface area contributed by atoms with Crippen molar-refractivity contribution < 1.29 is 0 Å². The average molecular weight is 228 g/mol. The van der Waals surface area contributed by atoms with Crippen molar-refractivity contribution in [3.05, 3.63) is 48.0 Å². The van der Waals surface area contributed by atoms with Gasteiger partial charge in [-0.25, -0.2) is 0 Å². The van der Waals surface area contributed by atoms with Gasteiger partial charge >= 0.3 is 0 Å². The predicted octanol–water partition coefficient (Wildman–Crippen LogP) is 2.87. The van der Waals surface area contributed by atoms with E-state index in [9.17, 15) is 0 Å². The van der Waals surface area contributed by atoms with Gasteiger partial charge in [-0.1, -0.05) is 56.3 Å². The summed E-state index contributed by atoms with van der Waals surface area (Å²) in [5.41, 5.74) is 4.28. The number of hydrogen-bond acceptors (Lipinski definition) is 2. The SMILES string of the molecule is CC(C)C(Cc1cccc2ccccc12)NN. The maximum absolute atomic E-state index is 5.62. The normalized spacial score (nSPS) is 13.2. The lowest BCUT2D eigenvalue weighted by molar-refractivity contribution is 0.405. The summed E-state index contributed by atoms with van der Waals surface area (Å²) in [6.45, 7) is 4.38. The van der Waals surface area contributed by atoms with Crippen LogP contribution in [0.3, 0.4) is 0 Å². The Bertz CT molecular complexity index is 486. The zero-order chi connectivity index (χ0) is 12.3. The standard InChI is InChI=1S/C15H20N2/c1-11(2)15(17-16)10-13-8-5-7-12-6-3-4-9-14(12)13/h3-9,11,15,17H,10,16H2,1-2H3. The third kappa shape index (κ3) is 2.65. The maximum atomic E-state index is 5.62. The number of hydrazine groups is 1. The molecule has 2 aromatic rings. The van der Waals surface area contributed by atoms with Gasteiger partial charge in [0.25, 0.3) is 0 Å². The van der Waals surface area contributed by atoms with Crippen molar-refractivity contribution in [1.82, 2.24) is 5.43 Å². The van der Waals surface area contributed by atoms with Gasteiger partial charge in [-0.15, -0.1) is 0 Å². The first-order valence-electron chi connectivity index (χ1n) is 6.15. The second-order valence-corrected chi connectivity index (χ2v) is 4.86. The molecule has 1 atom stereocenters. The summed E-state index contributed by atoms with van der Waals surface area (Å²) in [5, 5.41) is 2.63. The minimum atomic E-state index is 0.320. The van der Waals surface area contributed by atoms with Crippen molar-refractivity contribution >= 4 is 10.8 Å². The molecule has 0 saturated heterocycles. The molecular weight excluding hydrogens is 208 g/mol. The molecule has 1 unspecified atom stereocenters. The van der Waals surface area contributed by atoms with Gasteiger partial charge in [0, 0.05) is 6.04 Å². The van der Waals surface area contributed by atoms with Crippen LogP contribution in [0.5, 0.6) is 0 Å². The van der Waals surface area contributed by atoms with Crippen LogP contribution in [0.25, 0.3) is 10.8 Å². The summed E-state index contributed by atoms with van der Waals surface area (Å²) in [4.78, 5) is 0. The molecule has 0 bridgehead atoms. The molecule has 0 aliphatic heterocycles. The third-order valence-corrected chi connectivity index (χ3v) is 3.34. The summed E-state index contributed by atoms with van der Waals surface area (Å²) in [5.74, 6) is 6.14. The van der Waals surface area contributed by atoms with Crippen molar-refractivity contribution in [3.63, 3.8) is 0 Å². The first-order chi connectivity index (χ1) is 8.22. The van der Waals surface area contributed by atoms with Crippen molar-refractivity contribution in [2.75, 3.05) is 0 Å². The van der Waals surface area contributed by atoms with E-state index in [2.05, 4.69) is 61.7 Å². The predicted molar refractivity (Wildman–Crippen MR) is 73.6 cm³/mol. The lowest BCUT2D eigenvalue weighted by Gasteiger charge is -2.20. The zero-order valence-electron chi connectivity index (χ0n) is 10.5. The van der Waals surface area contributed by atoms with Gasteiger partial charge in [0.15, 0.2) is 0 Å². The Morgan fingerprint density at radius 1 is 1.06 bits per heavy atom. The van der Waals surface area contributed by atoms with Crippen LogP contribution in [-0.2, 0) is 6.42 Å². The summed E-state index contributed by atoms with van der Waals surface area (Å²) in [6.07, 6.45) is 0.968. The lowest BCUT2D eigenvalue weighted by Crippen LogP contribution is -2.40. The number of nitrogens with two attached hydrogens (primary N) is 1. The molecular formula is C15H20N2. The van der Waals surface area contributed by atoms with E-state index >= 15 is 0 Å². The van der Waals surface area contributed by atoms with Gasteiger partial charge in [-0.05, 0) is 28.7 Å². The molecule has 2 heteroatoms. The molecule has 0 spiro atoms. The third-order valence-electron chi connectivity index (χ3n) is 3.34. The van der Waals surface area contributed by atoms with Crippen LogP contribution in [0.4, 0.5) is 0 Å². The number of hydrogen-bond donors (Lipinski definition) is 2. The molecule has 0 aromatic heterocycles. The molecule has 0 radical (unpaired) electrons. The van der Waals surface area contributed by atoms with E-state index < -0.39 is 0 Å². The molecule has 2 aromatic carbocycles. The van der Waals surface area contributed by atoms with Crippen LogP contribution < -0.4 is 11.3 Å². The molecule has 2 nitrogen and oxygen atoms in total. The minimum Gasteiger partial charge on any atom is -0.271 e. The second kappa shape index (κ2) is 5.30. The first-order valence-corrected chi connectivity index (χ1v) is 6.15. The first kappa shape index (κ1) is 12.1. The monoisotopic (exact) mass is 228 g/mol. The molecule has 0 saturated carbocycles. The summed E-state index contributed by atoms with van der Waals surface area (Å²) in [7, 11) is 0. The number of fused-ring (bicyclic) bond motifs is 1. The highest BCUT2D eigenvalue weighted by atomic mass is 15.2. The highest BCUT2D eigenvalue weighted by Crippen LogP contribution is 2.21. The number of rotatable bonds is 4. The Morgan fingerprint density at radius 3 is 2.47 bits per heavy atom. The van der Waals surface area contributed by atoms with E-state index in [4.69, 9.17) is 5.84 Å². The molecule has 0 aliphatic carbocycles. The Hall–Kier alpha value is -1.38. The van der Waals surface area contributed by atoms with Gasteiger partial charge in [0.2, 0.25) is 0 Å². The van der Waals surface area contributed by atoms with Gasteiger partial charge in [-0.3, -0.25) is 11.3 Å². The Labute approximate surface area is 103 Å². The summed E-state index contributed by atoms with van der Waals surface area (Å²) >= 11 is 0. The second-order valence-electron chi connectivity index (χ2n) is 4.86. The molecule has 0 fully saturated rings. The topological polar surface area (TPSA) is 38.0 Å². The highest BCUT2D eigenvalue weighted by Gasteiger charge is 2.13. The molecule has 0 heterocycles. The zero-order valence-corrected chi connectivity index (χ0v) is 10.5. The fourth-order valence-electron chi connectivity index (χ4n) is 2.19. The van der Waals surface area contributed by atoms with Gasteiger partial charge in [0.1, 0.15) is 0 Å². The molecule has 90 valence electrons. The van der Waals surface area contributed by atoms with Gasteiger partial charge in [0.05, 0.1) is 0 Å². The van der Waals surface area contributed by atoms with E-state index in [1.54, 1.807) is 0 Å². The van der Waals surface area contributed by atoms with Gasteiger partial charge in [-0.2, -0.15) is 0 Å². The van der Waals surface area contributed by atoms with Crippen LogP contribution in [0.1, 0.15) is 19.4 Å². The maximum Gasteiger partial charge on any atom is 0.0274 e. The van der Waals surface area contributed by atoms with E-state index in [1.807, 2.05) is 0 Å². The molecule has 2 rings (SSSR count). The molecule has 0 aliphatic rings. The number of nitrogens with one attached hydrogen (secondary N) is 1. The van der Waals surface area contributed by atoms with E-state index in [0.29, 0.717) is 12.0 Å². The minimum absolute atomic E-state index is 0.320. The van der Waals surface area contributed by atoms with Crippen LogP contribution in [-0.4, -0.2) is 6.04 Å². The van der Waals surface area contributed by atoms with E-state index in [0.717, 1.165) is 6.42 Å². The number of benzene rings is 2.